The third-order valence-electron chi connectivity index (χ3n) is 3.76. The quantitative estimate of drug-likeness (QED) is 0.830. The molecule has 2 aromatic rings. The lowest BCUT2D eigenvalue weighted by Gasteiger charge is -2.08. The first-order valence-corrected chi connectivity index (χ1v) is 7.04. The molecule has 1 aliphatic carbocycles. The fraction of sp³-hybridized carbons (Fsp3) is 0.438. The van der Waals surface area contributed by atoms with Crippen molar-refractivity contribution < 1.29 is 4.74 Å². The Morgan fingerprint density at radius 1 is 1.32 bits per heavy atom. The molecule has 1 saturated carbocycles. The van der Waals surface area contributed by atoms with Gasteiger partial charge in [-0.05, 0) is 25.3 Å². The Hall–Kier alpha value is -1.77. The van der Waals surface area contributed by atoms with Crippen LogP contribution in [0.5, 0.6) is 5.75 Å². The molecule has 1 fully saturated rings. The summed E-state index contributed by atoms with van der Waals surface area (Å²) >= 11 is 0. The van der Waals surface area contributed by atoms with E-state index in [2.05, 4.69) is 41.0 Å². The molecule has 3 heteroatoms. The Labute approximate surface area is 114 Å². The Morgan fingerprint density at radius 3 is 2.95 bits per heavy atom. The van der Waals surface area contributed by atoms with Crippen molar-refractivity contribution in [2.45, 2.75) is 45.3 Å². The van der Waals surface area contributed by atoms with Gasteiger partial charge >= 0.3 is 0 Å². The first kappa shape index (κ1) is 12.3. The normalized spacial score (nSPS) is 15.8. The zero-order chi connectivity index (χ0) is 13.1. The van der Waals surface area contributed by atoms with Crippen molar-refractivity contribution in [3.05, 3.63) is 47.8 Å². The SMILES string of the molecule is Cc1cccc(COc2cnn(C3CCCC3)c2)c1. The van der Waals surface area contributed by atoms with E-state index in [1.165, 1.54) is 36.8 Å². The predicted molar refractivity (Wildman–Crippen MR) is 75.2 cm³/mol. The molecule has 0 N–H and O–H groups in total. The minimum atomic E-state index is 0.580. The molecule has 0 unspecified atom stereocenters. The Bertz CT molecular complexity index is 541. The van der Waals surface area contributed by atoms with Gasteiger partial charge in [0.25, 0.3) is 0 Å². The molecule has 0 atom stereocenters. The smallest absolute Gasteiger partial charge is 0.157 e. The van der Waals surface area contributed by atoms with Gasteiger partial charge in [0.15, 0.2) is 5.75 Å². The van der Waals surface area contributed by atoms with Gasteiger partial charge in [-0.1, -0.05) is 42.7 Å². The molecule has 0 spiro atoms. The topological polar surface area (TPSA) is 27.1 Å². The van der Waals surface area contributed by atoms with E-state index in [-0.39, 0.29) is 0 Å². The molecular weight excluding hydrogens is 236 g/mol. The maximum atomic E-state index is 5.80. The Morgan fingerprint density at radius 2 is 2.16 bits per heavy atom. The molecule has 3 rings (SSSR count). The maximum Gasteiger partial charge on any atom is 0.157 e. The molecule has 1 aromatic carbocycles. The van der Waals surface area contributed by atoms with E-state index in [4.69, 9.17) is 4.74 Å². The summed E-state index contributed by atoms with van der Waals surface area (Å²) < 4.78 is 7.87. The zero-order valence-corrected chi connectivity index (χ0v) is 11.4. The van der Waals surface area contributed by atoms with E-state index in [0.29, 0.717) is 12.6 Å². The first-order valence-electron chi connectivity index (χ1n) is 7.04. The van der Waals surface area contributed by atoms with Gasteiger partial charge in [0.2, 0.25) is 0 Å². The van der Waals surface area contributed by atoms with Crippen LogP contribution in [0.2, 0.25) is 0 Å². The molecule has 1 aliphatic rings. The molecule has 100 valence electrons. The van der Waals surface area contributed by atoms with Gasteiger partial charge in [0, 0.05) is 0 Å². The second-order valence-corrected chi connectivity index (χ2v) is 5.37. The van der Waals surface area contributed by atoms with E-state index >= 15 is 0 Å². The molecule has 0 saturated heterocycles. The van der Waals surface area contributed by atoms with Crippen molar-refractivity contribution in [1.29, 1.82) is 0 Å². The van der Waals surface area contributed by atoms with Crippen molar-refractivity contribution >= 4 is 0 Å². The van der Waals surface area contributed by atoms with Crippen LogP contribution in [0.25, 0.3) is 0 Å². The van der Waals surface area contributed by atoms with Crippen LogP contribution in [0.4, 0.5) is 0 Å². The number of benzene rings is 1. The first-order chi connectivity index (χ1) is 9.31. The molecule has 19 heavy (non-hydrogen) atoms. The summed E-state index contributed by atoms with van der Waals surface area (Å²) in [6.07, 6.45) is 9.01. The Balaban J connectivity index is 1.61. The highest BCUT2D eigenvalue weighted by molar-refractivity contribution is 5.22. The molecule has 1 heterocycles. The number of hydrogen-bond acceptors (Lipinski definition) is 2. The molecule has 3 nitrogen and oxygen atoms in total. The van der Waals surface area contributed by atoms with Crippen LogP contribution >= 0.6 is 0 Å². The predicted octanol–water partition coefficient (Wildman–Crippen LogP) is 3.89. The molecule has 0 bridgehead atoms. The summed E-state index contributed by atoms with van der Waals surface area (Å²) in [6, 6.07) is 8.99. The summed E-state index contributed by atoms with van der Waals surface area (Å²) in [5.74, 6) is 0.869. The van der Waals surface area contributed by atoms with Gasteiger partial charge in [0.05, 0.1) is 18.4 Å². The monoisotopic (exact) mass is 256 g/mol. The number of aryl methyl sites for hydroxylation is 1. The van der Waals surface area contributed by atoms with Gasteiger partial charge in [-0.25, -0.2) is 0 Å². The van der Waals surface area contributed by atoms with Crippen molar-refractivity contribution in [3.63, 3.8) is 0 Å². The standard InChI is InChI=1S/C16H20N2O/c1-13-5-4-6-14(9-13)12-19-16-10-17-18(11-16)15-7-2-3-8-15/h4-6,9-11,15H,2-3,7-8,12H2,1H3. The second kappa shape index (κ2) is 5.47. The zero-order valence-electron chi connectivity index (χ0n) is 11.4. The fourth-order valence-electron chi connectivity index (χ4n) is 2.73. The van der Waals surface area contributed by atoms with Crippen LogP contribution in [0.15, 0.2) is 36.7 Å². The molecule has 0 aliphatic heterocycles. The van der Waals surface area contributed by atoms with Crippen LogP contribution in [-0.2, 0) is 6.61 Å². The fourth-order valence-corrected chi connectivity index (χ4v) is 2.73. The van der Waals surface area contributed by atoms with Crippen molar-refractivity contribution in [1.82, 2.24) is 9.78 Å². The number of ether oxygens (including phenoxy) is 1. The highest BCUT2D eigenvalue weighted by Crippen LogP contribution is 2.29. The molecule has 0 amide bonds. The van der Waals surface area contributed by atoms with E-state index < -0.39 is 0 Å². The van der Waals surface area contributed by atoms with E-state index in [9.17, 15) is 0 Å². The highest BCUT2D eigenvalue weighted by atomic mass is 16.5. The van der Waals surface area contributed by atoms with Crippen molar-refractivity contribution in [2.75, 3.05) is 0 Å². The average molecular weight is 256 g/mol. The van der Waals surface area contributed by atoms with E-state index in [1.54, 1.807) is 0 Å². The molecule has 1 aromatic heterocycles. The van der Waals surface area contributed by atoms with Gasteiger partial charge in [0.1, 0.15) is 6.61 Å². The van der Waals surface area contributed by atoms with Gasteiger partial charge in [-0.15, -0.1) is 0 Å². The third-order valence-corrected chi connectivity index (χ3v) is 3.76. The number of aromatic nitrogens is 2. The van der Waals surface area contributed by atoms with E-state index in [0.717, 1.165) is 5.75 Å². The lowest BCUT2D eigenvalue weighted by molar-refractivity contribution is 0.305. The van der Waals surface area contributed by atoms with E-state index in [1.807, 2.05) is 12.4 Å². The Kier molecular flexibility index (Phi) is 3.53. The summed E-state index contributed by atoms with van der Waals surface area (Å²) in [7, 11) is 0. The molecule has 0 radical (unpaired) electrons. The van der Waals surface area contributed by atoms with Gasteiger partial charge < -0.3 is 4.74 Å². The van der Waals surface area contributed by atoms with Crippen LogP contribution in [-0.4, -0.2) is 9.78 Å². The minimum absolute atomic E-state index is 0.580. The summed E-state index contributed by atoms with van der Waals surface area (Å²) in [5.41, 5.74) is 2.47. The average Bonchev–Trinajstić information content (AvgIpc) is 3.07. The third kappa shape index (κ3) is 2.98. The number of rotatable bonds is 4. The highest BCUT2D eigenvalue weighted by Gasteiger charge is 2.17. The van der Waals surface area contributed by atoms with Crippen LogP contribution in [0.1, 0.15) is 42.9 Å². The van der Waals surface area contributed by atoms with Crippen molar-refractivity contribution in [3.8, 4) is 5.75 Å². The summed E-state index contributed by atoms with van der Waals surface area (Å²) in [5, 5.41) is 4.42. The number of hydrogen-bond donors (Lipinski definition) is 0. The van der Waals surface area contributed by atoms with Gasteiger partial charge in [-0.2, -0.15) is 5.10 Å². The minimum Gasteiger partial charge on any atom is -0.486 e. The number of nitrogens with zero attached hydrogens (tertiary/aromatic N) is 2. The lowest BCUT2D eigenvalue weighted by Crippen LogP contribution is -2.04. The summed E-state index contributed by atoms with van der Waals surface area (Å²) in [6.45, 7) is 2.71. The van der Waals surface area contributed by atoms with Gasteiger partial charge in [-0.3, -0.25) is 4.68 Å². The second-order valence-electron chi connectivity index (χ2n) is 5.37. The van der Waals surface area contributed by atoms with Crippen molar-refractivity contribution in [2.24, 2.45) is 0 Å². The molecular formula is C16H20N2O. The lowest BCUT2D eigenvalue weighted by atomic mass is 10.1. The summed E-state index contributed by atoms with van der Waals surface area (Å²) in [4.78, 5) is 0. The maximum absolute atomic E-state index is 5.80. The van der Waals surface area contributed by atoms with Crippen LogP contribution in [0.3, 0.4) is 0 Å². The van der Waals surface area contributed by atoms with Crippen LogP contribution < -0.4 is 4.74 Å². The largest absolute Gasteiger partial charge is 0.486 e. The van der Waals surface area contributed by atoms with Crippen LogP contribution in [0, 0.1) is 6.92 Å².